The Morgan fingerprint density at radius 1 is 1.21 bits per heavy atom. The highest BCUT2D eigenvalue weighted by molar-refractivity contribution is 9.10. The van der Waals surface area contributed by atoms with Gasteiger partial charge in [-0.3, -0.25) is 9.78 Å². The third-order valence-corrected chi connectivity index (χ3v) is 4.97. The number of carbonyl (C=O) groups excluding carboxylic acids is 1. The van der Waals surface area contributed by atoms with E-state index in [1.165, 1.54) is 11.3 Å². The van der Waals surface area contributed by atoms with Gasteiger partial charge in [-0.15, -0.1) is 11.3 Å². The van der Waals surface area contributed by atoms with Crippen LogP contribution in [0.5, 0.6) is 0 Å². The first-order chi connectivity index (χ1) is 11.6. The molecule has 0 saturated carbocycles. The molecule has 6 heteroatoms. The smallest absolute Gasteiger partial charge is 0.228 e. The summed E-state index contributed by atoms with van der Waals surface area (Å²) < 4.78 is 1.03. The standard InChI is InChI=1S/C18H16BrN3OS/c1-22(11-13-5-7-14(19)8-6-13)17(23)10-15-12-24-18(21-15)16-4-2-3-9-20-16/h2-9,12H,10-11H2,1H3. The Labute approximate surface area is 153 Å². The van der Waals surface area contributed by atoms with Crippen molar-refractivity contribution in [1.82, 2.24) is 14.9 Å². The first-order valence-electron chi connectivity index (χ1n) is 7.46. The van der Waals surface area contributed by atoms with Crippen molar-refractivity contribution in [1.29, 1.82) is 0 Å². The fourth-order valence-corrected chi connectivity index (χ4v) is 3.30. The summed E-state index contributed by atoms with van der Waals surface area (Å²) in [7, 11) is 1.82. The van der Waals surface area contributed by atoms with Crippen LogP contribution >= 0.6 is 27.3 Å². The van der Waals surface area contributed by atoms with Gasteiger partial charge in [0.15, 0.2) is 0 Å². The molecule has 0 bridgehead atoms. The number of benzene rings is 1. The van der Waals surface area contributed by atoms with Crippen LogP contribution in [0.1, 0.15) is 11.3 Å². The number of aromatic nitrogens is 2. The summed E-state index contributed by atoms with van der Waals surface area (Å²) in [6.07, 6.45) is 2.05. The Morgan fingerprint density at radius 2 is 2.00 bits per heavy atom. The van der Waals surface area contributed by atoms with Crippen molar-refractivity contribution in [2.75, 3.05) is 7.05 Å². The largest absolute Gasteiger partial charge is 0.341 e. The maximum absolute atomic E-state index is 12.4. The fraction of sp³-hybridized carbons (Fsp3) is 0.167. The molecule has 0 spiro atoms. The van der Waals surface area contributed by atoms with E-state index >= 15 is 0 Å². The molecule has 3 aromatic rings. The van der Waals surface area contributed by atoms with Gasteiger partial charge in [-0.2, -0.15) is 0 Å². The summed E-state index contributed by atoms with van der Waals surface area (Å²) in [5, 5.41) is 2.77. The van der Waals surface area contributed by atoms with Crippen molar-refractivity contribution in [3.05, 3.63) is 69.8 Å². The van der Waals surface area contributed by atoms with Crippen LogP contribution in [0.25, 0.3) is 10.7 Å². The summed E-state index contributed by atoms with van der Waals surface area (Å²) in [6.45, 7) is 0.587. The molecular formula is C18H16BrN3OS. The van der Waals surface area contributed by atoms with Crippen LogP contribution in [0, 0.1) is 0 Å². The highest BCUT2D eigenvalue weighted by Crippen LogP contribution is 2.22. The van der Waals surface area contributed by atoms with Crippen molar-refractivity contribution >= 4 is 33.2 Å². The van der Waals surface area contributed by atoms with E-state index < -0.39 is 0 Å². The summed E-state index contributed by atoms with van der Waals surface area (Å²) in [5.41, 5.74) is 2.72. The van der Waals surface area contributed by atoms with Gasteiger partial charge in [0.1, 0.15) is 5.01 Å². The lowest BCUT2D eigenvalue weighted by Crippen LogP contribution is -2.27. The maximum atomic E-state index is 12.4. The van der Waals surface area contributed by atoms with Crippen molar-refractivity contribution in [2.45, 2.75) is 13.0 Å². The molecule has 0 aliphatic heterocycles. The average molecular weight is 402 g/mol. The van der Waals surface area contributed by atoms with E-state index in [0.29, 0.717) is 13.0 Å². The molecular weight excluding hydrogens is 386 g/mol. The second-order valence-electron chi connectivity index (χ2n) is 5.41. The summed E-state index contributed by atoms with van der Waals surface area (Å²) in [5.74, 6) is 0.0517. The zero-order valence-electron chi connectivity index (χ0n) is 13.1. The number of thiazole rings is 1. The minimum absolute atomic E-state index is 0.0517. The number of hydrogen-bond acceptors (Lipinski definition) is 4. The molecule has 2 heterocycles. The van der Waals surface area contributed by atoms with E-state index in [-0.39, 0.29) is 5.91 Å². The summed E-state index contributed by atoms with van der Waals surface area (Å²) >= 11 is 4.93. The van der Waals surface area contributed by atoms with E-state index in [4.69, 9.17) is 0 Å². The Hall–Kier alpha value is -2.05. The minimum atomic E-state index is 0.0517. The molecule has 2 aromatic heterocycles. The molecule has 1 amide bonds. The van der Waals surface area contributed by atoms with Gasteiger partial charge in [0.25, 0.3) is 0 Å². The molecule has 0 saturated heterocycles. The van der Waals surface area contributed by atoms with Crippen LogP contribution in [-0.2, 0) is 17.8 Å². The van der Waals surface area contributed by atoms with Crippen LogP contribution in [0.4, 0.5) is 0 Å². The first-order valence-corrected chi connectivity index (χ1v) is 9.13. The fourth-order valence-electron chi connectivity index (χ4n) is 2.24. The minimum Gasteiger partial charge on any atom is -0.341 e. The molecule has 122 valence electrons. The second kappa shape index (κ2) is 7.68. The molecule has 0 N–H and O–H groups in total. The quantitative estimate of drug-likeness (QED) is 0.644. The van der Waals surface area contributed by atoms with E-state index in [1.807, 2.05) is 54.9 Å². The van der Waals surface area contributed by atoms with Crippen LogP contribution in [0.2, 0.25) is 0 Å². The number of hydrogen-bond donors (Lipinski definition) is 0. The van der Waals surface area contributed by atoms with E-state index in [2.05, 4.69) is 25.9 Å². The van der Waals surface area contributed by atoms with Gasteiger partial charge in [-0.25, -0.2) is 4.98 Å². The zero-order chi connectivity index (χ0) is 16.9. The molecule has 4 nitrogen and oxygen atoms in total. The number of nitrogens with zero attached hydrogens (tertiary/aromatic N) is 3. The lowest BCUT2D eigenvalue weighted by atomic mass is 10.2. The lowest BCUT2D eigenvalue weighted by molar-refractivity contribution is -0.129. The monoisotopic (exact) mass is 401 g/mol. The van der Waals surface area contributed by atoms with Crippen LogP contribution in [-0.4, -0.2) is 27.8 Å². The molecule has 1 aromatic carbocycles. The predicted octanol–water partition coefficient (Wildman–Crippen LogP) is 4.17. The molecule has 0 aliphatic carbocycles. The van der Waals surface area contributed by atoms with E-state index in [9.17, 15) is 4.79 Å². The number of rotatable bonds is 5. The molecule has 0 aliphatic rings. The molecule has 0 fully saturated rings. The van der Waals surface area contributed by atoms with Crippen molar-refractivity contribution in [2.24, 2.45) is 0 Å². The molecule has 24 heavy (non-hydrogen) atoms. The van der Waals surface area contributed by atoms with Crippen LogP contribution in [0.3, 0.4) is 0 Å². The number of halogens is 1. The van der Waals surface area contributed by atoms with Crippen LogP contribution in [0.15, 0.2) is 58.5 Å². The highest BCUT2D eigenvalue weighted by atomic mass is 79.9. The molecule has 0 radical (unpaired) electrons. The van der Waals surface area contributed by atoms with Gasteiger partial charge in [0.2, 0.25) is 5.91 Å². The highest BCUT2D eigenvalue weighted by Gasteiger charge is 2.13. The summed E-state index contributed by atoms with van der Waals surface area (Å²) in [6, 6.07) is 13.7. The van der Waals surface area contributed by atoms with Gasteiger partial charge in [-0.1, -0.05) is 34.1 Å². The zero-order valence-corrected chi connectivity index (χ0v) is 15.5. The lowest BCUT2D eigenvalue weighted by Gasteiger charge is -2.16. The number of amides is 1. The topological polar surface area (TPSA) is 46.1 Å². The molecule has 0 unspecified atom stereocenters. The Morgan fingerprint density at radius 3 is 2.71 bits per heavy atom. The normalized spacial score (nSPS) is 10.6. The Balaban J connectivity index is 1.62. The van der Waals surface area contributed by atoms with Gasteiger partial charge >= 0.3 is 0 Å². The van der Waals surface area contributed by atoms with E-state index in [0.717, 1.165) is 26.4 Å². The SMILES string of the molecule is CN(Cc1ccc(Br)cc1)C(=O)Cc1csc(-c2ccccn2)n1. The van der Waals surface area contributed by atoms with Gasteiger partial charge in [0, 0.05) is 29.6 Å². The Bertz CT molecular complexity index is 818. The summed E-state index contributed by atoms with van der Waals surface area (Å²) in [4.78, 5) is 22.9. The number of pyridine rings is 1. The van der Waals surface area contributed by atoms with Gasteiger partial charge < -0.3 is 4.90 Å². The average Bonchev–Trinajstić information content (AvgIpc) is 3.06. The molecule has 0 atom stereocenters. The maximum Gasteiger partial charge on any atom is 0.228 e. The van der Waals surface area contributed by atoms with E-state index in [1.54, 1.807) is 11.1 Å². The van der Waals surface area contributed by atoms with Gasteiger partial charge in [0.05, 0.1) is 17.8 Å². The van der Waals surface area contributed by atoms with Crippen LogP contribution < -0.4 is 0 Å². The Kier molecular flexibility index (Phi) is 5.37. The van der Waals surface area contributed by atoms with Gasteiger partial charge in [-0.05, 0) is 29.8 Å². The first kappa shape index (κ1) is 16.8. The van der Waals surface area contributed by atoms with Crippen molar-refractivity contribution in [3.63, 3.8) is 0 Å². The predicted molar refractivity (Wildman–Crippen MR) is 99.7 cm³/mol. The second-order valence-corrected chi connectivity index (χ2v) is 7.19. The van der Waals surface area contributed by atoms with Crippen molar-refractivity contribution in [3.8, 4) is 10.7 Å². The number of carbonyl (C=O) groups is 1. The molecule has 3 rings (SSSR count). The van der Waals surface area contributed by atoms with Crippen molar-refractivity contribution < 1.29 is 4.79 Å². The third-order valence-electron chi connectivity index (χ3n) is 3.53. The number of likely N-dealkylation sites (N-methyl/N-ethyl adjacent to an activating group) is 1. The third kappa shape index (κ3) is 4.27.